The molecule has 2 rings (SSSR count). The van der Waals surface area contributed by atoms with Gasteiger partial charge in [0.05, 0.1) is 6.10 Å². The number of aliphatic hydroxyl groups is 1. The molecule has 0 unspecified atom stereocenters. The number of aryl methyl sites for hydroxylation is 1. The van der Waals surface area contributed by atoms with Gasteiger partial charge in [0.15, 0.2) is 0 Å². The Kier molecular flexibility index (Phi) is 10.5. The van der Waals surface area contributed by atoms with Gasteiger partial charge in [0.2, 0.25) is 0 Å². The normalized spacial score (nSPS) is 15.3. The first kappa shape index (κ1) is 21.9. The number of hydrogen-bond acceptors (Lipinski definition) is 2. The molecule has 1 fully saturated rings. The third-order valence-corrected chi connectivity index (χ3v) is 5.77. The standard InChI is InChI=1S/C24H39NO2/c1-2-3-4-5-6-7-8-9-10-11-12-21-13-15-22(16-14-21)24(27)25-19-17-23(26)18-20-25/h13-16,23,26H,2-12,17-20H2,1H3. The van der Waals surface area contributed by atoms with Crippen LogP contribution in [0.25, 0.3) is 0 Å². The molecule has 1 amide bonds. The number of piperidine rings is 1. The zero-order valence-corrected chi connectivity index (χ0v) is 17.3. The second-order valence-electron chi connectivity index (χ2n) is 8.15. The minimum Gasteiger partial charge on any atom is -0.393 e. The minimum atomic E-state index is -0.238. The van der Waals surface area contributed by atoms with Gasteiger partial charge in [-0.3, -0.25) is 4.79 Å². The molecule has 0 atom stereocenters. The van der Waals surface area contributed by atoms with Gasteiger partial charge in [0.25, 0.3) is 5.91 Å². The first-order chi connectivity index (χ1) is 13.2. The van der Waals surface area contributed by atoms with Crippen LogP contribution < -0.4 is 0 Å². The molecule has 1 aliphatic heterocycles. The number of benzene rings is 1. The van der Waals surface area contributed by atoms with Gasteiger partial charge >= 0.3 is 0 Å². The Labute approximate surface area is 166 Å². The summed E-state index contributed by atoms with van der Waals surface area (Å²) in [7, 11) is 0. The summed E-state index contributed by atoms with van der Waals surface area (Å²) < 4.78 is 0. The summed E-state index contributed by atoms with van der Waals surface area (Å²) in [5.41, 5.74) is 2.11. The number of rotatable bonds is 12. The summed E-state index contributed by atoms with van der Waals surface area (Å²) in [6, 6.07) is 8.16. The van der Waals surface area contributed by atoms with Crippen molar-refractivity contribution >= 4 is 5.91 Å². The van der Waals surface area contributed by atoms with Crippen molar-refractivity contribution in [1.29, 1.82) is 0 Å². The van der Waals surface area contributed by atoms with E-state index in [4.69, 9.17) is 0 Å². The lowest BCUT2D eigenvalue weighted by molar-refractivity contribution is 0.0546. The second-order valence-corrected chi connectivity index (χ2v) is 8.15. The molecule has 1 saturated heterocycles. The van der Waals surface area contributed by atoms with Gasteiger partial charge in [0, 0.05) is 18.7 Å². The van der Waals surface area contributed by atoms with Crippen molar-refractivity contribution in [1.82, 2.24) is 4.90 Å². The number of aliphatic hydroxyl groups excluding tert-OH is 1. The van der Waals surface area contributed by atoms with E-state index in [9.17, 15) is 9.90 Å². The van der Waals surface area contributed by atoms with Crippen LogP contribution in [0.3, 0.4) is 0 Å². The van der Waals surface area contributed by atoms with Crippen molar-refractivity contribution in [3.05, 3.63) is 35.4 Å². The summed E-state index contributed by atoms with van der Waals surface area (Å²) >= 11 is 0. The number of hydrogen-bond donors (Lipinski definition) is 1. The largest absolute Gasteiger partial charge is 0.393 e. The van der Waals surface area contributed by atoms with E-state index < -0.39 is 0 Å². The molecular weight excluding hydrogens is 334 g/mol. The van der Waals surface area contributed by atoms with Crippen molar-refractivity contribution in [3.8, 4) is 0 Å². The van der Waals surface area contributed by atoms with E-state index in [2.05, 4.69) is 19.1 Å². The maximum Gasteiger partial charge on any atom is 0.253 e. The van der Waals surface area contributed by atoms with E-state index in [1.807, 2.05) is 17.0 Å². The van der Waals surface area contributed by atoms with Gasteiger partial charge in [-0.05, 0) is 43.4 Å². The van der Waals surface area contributed by atoms with E-state index in [-0.39, 0.29) is 12.0 Å². The van der Waals surface area contributed by atoms with Gasteiger partial charge in [-0.15, -0.1) is 0 Å². The summed E-state index contributed by atoms with van der Waals surface area (Å²) in [6.45, 7) is 3.60. The third-order valence-electron chi connectivity index (χ3n) is 5.77. The molecule has 152 valence electrons. The number of amides is 1. The lowest BCUT2D eigenvalue weighted by Crippen LogP contribution is -2.40. The highest BCUT2D eigenvalue weighted by molar-refractivity contribution is 5.94. The van der Waals surface area contributed by atoms with E-state index in [1.54, 1.807) is 0 Å². The third kappa shape index (κ3) is 8.47. The highest BCUT2D eigenvalue weighted by Gasteiger charge is 2.22. The van der Waals surface area contributed by atoms with Crippen molar-refractivity contribution in [2.24, 2.45) is 0 Å². The van der Waals surface area contributed by atoms with Crippen LogP contribution in [0.1, 0.15) is 99.9 Å². The predicted octanol–water partition coefficient (Wildman–Crippen LogP) is 5.75. The average Bonchev–Trinajstić information content (AvgIpc) is 2.70. The lowest BCUT2D eigenvalue weighted by atomic mass is 10.0. The van der Waals surface area contributed by atoms with Crippen LogP contribution >= 0.6 is 0 Å². The Morgan fingerprint density at radius 3 is 1.96 bits per heavy atom. The molecule has 1 heterocycles. The van der Waals surface area contributed by atoms with Gasteiger partial charge in [0.1, 0.15) is 0 Å². The molecule has 1 aromatic carbocycles. The van der Waals surface area contributed by atoms with Crippen LogP contribution in [0.2, 0.25) is 0 Å². The molecule has 0 bridgehead atoms. The highest BCUT2D eigenvalue weighted by atomic mass is 16.3. The van der Waals surface area contributed by atoms with E-state index >= 15 is 0 Å². The van der Waals surface area contributed by atoms with E-state index in [0.717, 1.165) is 12.0 Å². The van der Waals surface area contributed by atoms with Crippen molar-refractivity contribution in [3.63, 3.8) is 0 Å². The van der Waals surface area contributed by atoms with Crippen LogP contribution in [0.15, 0.2) is 24.3 Å². The first-order valence-corrected chi connectivity index (χ1v) is 11.3. The fourth-order valence-corrected chi connectivity index (χ4v) is 3.88. The molecule has 27 heavy (non-hydrogen) atoms. The van der Waals surface area contributed by atoms with Crippen LogP contribution in [0, 0.1) is 0 Å². The van der Waals surface area contributed by atoms with Crippen molar-refractivity contribution < 1.29 is 9.90 Å². The topological polar surface area (TPSA) is 40.5 Å². The molecule has 1 aliphatic rings. The fraction of sp³-hybridized carbons (Fsp3) is 0.708. The smallest absolute Gasteiger partial charge is 0.253 e. The van der Waals surface area contributed by atoms with Crippen molar-refractivity contribution in [2.45, 2.75) is 96.5 Å². The number of likely N-dealkylation sites (tertiary alicyclic amines) is 1. The molecule has 3 heteroatoms. The Hall–Kier alpha value is -1.35. The minimum absolute atomic E-state index is 0.104. The number of carbonyl (C=O) groups is 1. The van der Waals surface area contributed by atoms with Crippen LogP contribution in [-0.2, 0) is 6.42 Å². The van der Waals surface area contributed by atoms with Gasteiger partial charge < -0.3 is 10.0 Å². The van der Waals surface area contributed by atoms with E-state index in [1.165, 1.54) is 69.8 Å². The molecule has 0 aromatic heterocycles. The van der Waals surface area contributed by atoms with Crippen LogP contribution in [0.4, 0.5) is 0 Å². The van der Waals surface area contributed by atoms with Gasteiger partial charge in [-0.2, -0.15) is 0 Å². The predicted molar refractivity (Wildman–Crippen MR) is 113 cm³/mol. The summed E-state index contributed by atoms with van der Waals surface area (Å²) in [5, 5.41) is 9.57. The summed E-state index contributed by atoms with van der Waals surface area (Å²) in [4.78, 5) is 14.4. The Balaban J connectivity index is 1.57. The summed E-state index contributed by atoms with van der Waals surface area (Å²) in [5.74, 6) is 0.104. The van der Waals surface area contributed by atoms with Gasteiger partial charge in [-0.1, -0.05) is 76.8 Å². The maximum absolute atomic E-state index is 12.5. The highest BCUT2D eigenvalue weighted by Crippen LogP contribution is 2.16. The maximum atomic E-state index is 12.5. The molecular formula is C24H39NO2. The van der Waals surface area contributed by atoms with Crippen molar-refractivity contribution in [2.75, 3.05) is 13.1 Å². The first-order valence-electron chi connectivity index (χ1n) is 11.3. The quantitative estimate of drug-likeness (QED) is 0.474. The molecule has 0 saturated carbocycles. The molecule has 0 spiro atoms. The lowest BCUT2D eigenvalue weighted by Gasteiger charge is -2.29. The molecule has 1 aromatic rings. The monoisotopic (exact) mass is 373 g/mol. The zero-order chi connectivity index (χ0) is 19.3. The molecule has 0 aliphatic carbocycles. The molecule has 1 N–H and O–H groups in total. The number of unbranched alkanes of at least 4 members (excludes halogenated alkanes) is 9. The number of carbonyl (C=O) groups excluding carboxylic acids is 1. The molecule has 0 radical (unpaired) electrons. The average molecular weight is 374 g/mol. The van der Waals surface area contributed by atoms with E-state index in [0.29, 0.717) is 25.9 Å². The Morgan fingerprint density at radius 1 is 0.889 bits per heavy atom. The number of nitrogens with zero attached hydrogens (tertiary/aromatic N) is 1. The SMILES string of the molecule is CCCCCCCCCCCCc1ccc(C(=O)N2CCC(O)CC2)cc1. The zero-order valence-electron chi connectivity index (χ0n) is 17.3. The Bertz CT molecular complexity index is 518. The van der Waals surface area contributed by atoms with Crippen LogP contribution in [0.5, 0.6) is 0 Å². The summed E-state index contributed by atoms with van der Waals surface area (Å²) in [6.07, 6.45) is 15.9. The Morgan fingerprint density at radius 2 is 1.41 bits per heavy atom. The second kappa shape index (κ2) is 12.9. The van der Waals surface area contributed by atoms with Gasteiger partial charge in [-0.25, -0.2) is 0 Å². The van der Waals surface area contributed by atoms with Crippen LogP contribution in [-0.4, -0.2) is 35.1 Å². The fourth-order valence-electron chi connectivity index (χ4n) is 3.88. The molecule has 3 nitrogen and oxygen atoms in total.